The first-order valence-electron chi connectivity index (χ1n) is 7.78. The Hall–Kier alpha value is -2.37. The Bertz CT molecular complexity index is 610. The van der Waals surface area contributed by atoms with Crippen molar-refractivity contribution in [3.05, 3.63) is 34.7 Å². The van der Waals surface area contributed by atoms with Gasteiger partial charge in [-0.1, -0.05) is 13.3 Å². The van der Waals surface area contributed by atoms with E-state index in [9.17, 15) is 14.4 Å². The molecule has 0 unspecified atom stereocenters. The number of hydrogen-bond donors (Lipinski definition) is 0. The molecule has 0 bridgehead atoms. The summed E-state index contributed by atoms with van der Waals surface area (Å²) in [6.07, 6.45) is 5.84. The number of hydrogen-bond acceptors (Lipinski definition) is 4. The molecule has 0 N–H and O–H groups in total. The average molecular weight is 317 g/mol. The molecule has 0 radical (unpaired) electrons. The van der Waals surface area contributed by atoms with Gasteiger partial charge in [-0.15, -0.1) is 0 Å². The number of likely N-dealkylation sites (N-methyl/N-ethyl adjacent to an activating group) is 2. The second kappa shape index (κ2) is 6.40. The molecule has 2 heterocycles. The fraction of sp³-hybridized carbons (Fsp3) is 0.471. The second-order valence-electron chi connectivity index (χ2n) is 5.92. The Morgan fingerprint density at radius 1 is 0.913 bits per heavy atom. The summed E-state index contributed by atoms with van der Waals surface area (Å²) in [7, 11) is 2.77. The van der Waals surface area contributed by atoms with Crippen LogP contribution in [0.5, 0.6) is 0 Å². The number of amides is 4. The third-order valence-corrected chi connectivity index (χ3v) is 4.22. The monoisotopic (exact) mass is 317 g/mol. The van der Waals surface area contributed by atoms with Crippen LogP contribution in [-0.4, -0.2) is 53.2 Å². The quantitative estimate of drug-likeness (QED) is 0.592. The molecule has 4 amide bonds. The van der Waals surface area contributed by atoms with Crippen molar-refractivity contribution in [1.82, 2.24) is 14.7 Å². The zero-order valence-corrected chi connectivity index (χ0v) is 14.3. The van der Waals surface area contributed by atoms with Crippen LogP contribution in [0.25, 0.3) is 0 Å². The number of unbranched alkanes of at least 4 members (excludes halogenated alkanes) is 1. The van der Waals surface area contributed by atoms with Gasteiger partial charge in [-0.25, -0.2) is 4.79 Å². The molecule has 23 heavy (non-hydrogen) atoms. The van der Waals surface area contributed by atoms with Crippen LogP contribution in [0.3, 0.4) is 0 Å². The zero-order valence-electron chi connectivity index (χ0n) is 14.3. The minimum Gasteiger partial charge on any atom is -0.349 e. The Labute approximate surface area is 136 Å². The molecule has 0 spiro atoms. The van der Waals surface area contributed by atoms with Crippen LogP contribution >= 0.6 is 0 Å². The summed E-state index contributed by atoms with van der Waals surface area (Å²) in [6, 6.07) is -0.605. The van der Waals surface area contributed by atoms with E-state index >= 15 is 0 Å². The second-order valence-corrected chi connectivity index (χ2v) is 5.92. The van der Waals surface area contributed by atoms with E-state index in [2.05, 4.69) is 11.8 Å². The number of urea groups is 1. The minimum absolute atomic E-state index is 0.0449. The molecule has 2 aliphatic rings. The summed E-state index contributed by atoms with van der Waals surface area (Å²) in [5, 5.41) is 0. The van der Waals surface area contributed by atoms with Crippen LogP contribution in [0.4, 0.5) is 4.79 Å². The molecular formula is C17H23N3O3. The van der Waals surface area contributed by atoms with Gasteiger partial charge in [0.1, 0.15) is 5.57 Å². The number of rotatable bonds is 3. The van der Waals surface area contributed by atoms with Crippen LogP contribution in [0.2, 0.25) is 0 Å². The van der Waals surface area contributed by atoms with Crippen LogP contribution in [0.15, 0.2) is 34.7 Å². The Morgan fingerprint density at radius 3 is 1.83 bits per heavy atom. The molecule has 0 aromatic carbocycles. The Morgan fingerprint density at radius 2 is 1.39 bits per heavy atom. The Kier molecular flexibility index (Phi) is 4.73. The van der Waals surface area contributed by atoms with Crippen LogP contribution < -0.4 is 0 Å². The highest BCUT2D eigenvalue weighted by Gasteiger charge is 2.39. The van der Waals surface area contributed by atoms with Gasteiger partial charge in [-0.2, -0.15) is 0 Å². The van der Waals surface area contributed by atoms with Crippen LogP contribution in [0, 0.1) is 0 Å². The highest BCUT2D eigenvalue weighted by Crippen LogP contribution is 2.28. The van der Waals surface area contributed by atoms with E-state index < -0.39 is 17.8 Å². The van der Waals surface area contributed by atoms with Crippen molar-refractivity contribution in [2.75, 3.05) is 20.6 Å². The third-order valence-electron chi connectivity index (χ3n) is 4.22. The van der Waals surface area contributed by atoms with Gasteiger partial charge in [0.15, 0.2) is 0 Å². The number of allylic oxidation sites excluding steroid dienone is 5. The van der Waals surface area contributed by atoms with E-state index in [4.69, 9.17) is 0 Å². The van der Waals surface area contributed by atoms with Gasteiger partial charge in [0, 0.05) is 32.0 Å². The average Bonchev–Trinajstić information content (AvgIpc) is 2.50. The molecule has 0 saturated carbocycles. The predicted molar refractivity (Wildman–Crippen MR) is 87.1 cm³/mol. The number of imide groups is 2. The van der Waals surface area contributed by atoms with Gasteiger partial charge in [-0.3, -0.25) is 19.4 Å². The summed E-state index contributed by atoms with van der Waals surface area (Å²) in [6.45, 7) is 6.97. The first kappa shape index (κ1) is 17.0. The topological polar surface area (TPSA) is 60.9 Å². The lowest BCUT2D eigenvalue weighted by Gasteiger charge is -2.33. The van der Waals surface area contributed by atoms with Gasteiger partial charge < -0.3 is 4.90 Å². The van der Waals surface area contributed by atoms with Crippen molar-refractivity contribution in [3.63, 3.8) is 0 Å². The number of carbonyl (C=O) groups excluding carboxylic acids is 3. The lowest BCUT2D eigenvalue weighted by atomic mass is 9.98. The number of carbonyl (C=O) groups is 3. The standard InChI is InChI=1S/C17H23N3O3/c1-6-7-8-20-11(2)9-13(10-12(20)3)14-15(21)18(4)17(23)19(5)16(14)22/h9-10H,6-8H2,1-5H3. The smallest absolute Gasteiger partial charge is 0.333 e. The van der Waals surface area contributed by atoms with E-state index in [1.54, 1.807) is 0 Å². The van der Waals surface area contributed by atoms with Crippen molar-refractivity contribution in [2.24, 2.45) is 0 Å². The van der Waals surface area contributed by atoms with E-state index in [1.807, 2.05) is 26.0 Å². The van der Waals surface area contributed by atoms with Crippen molar-refractivity contribution >= 4 is 17.8 Å². The fourth-order valence-corrected chi connectivity index (χ4v) is 2.81. The van der Waals surface area contributed by atoms with Gasteiger partial charge >= 0.3 is 6.03 Å². The van der Waals surface area contributed by atoms with Crippen LogP contribution in [0.1, 0.15) is 33.6 Å². The lowest BCUT2D eigenvalue weighted by molar-refractivity contribution is -0.134. The third kappa shape index (κ3) is 2.93. The minimum atomic E-state index is -0.605. The molecule has 6 nitrogen and oxygen atoms in total. The number of barbiturate groups is 1. The highest BCUT2D eigenvalue weighted by molar-refractivity contribution is 6.29. The maximum Gasteiger partial charge on any atom is 0.333 e. The van der Waals surface area contributed by atoms with E-state index in [1.165, 1.54) is 14.1 Å². The molecule has 124 valence electrons. The van der Waals surface area contributed by atoms with E-state index in [0.717, 1.165) is 40.6 Å². The summed E-state index contributed by atoms with van der Waals surface area (Å²) >= 11 is 0. The maximum atomic E-state index is 12.4. The Balaban J connectivity index is 2.46. The molecule has 1 saturated heterocycles. The van der Waals surface area contributed by atoms with Gasteiger partial charge in [-0.05, 0) is 38.0 Å². The largest absolute Gasteiger partial charge is 0.349 e. The van der Waals surface area contributed by atoms with E-state index in [0.29, 0.717) is 5.57 Å². The molecule has 0 aliphatic carbocycles. The SMILES string of the molecule is CCCCN1C(C)=CC(=C2C(=O)N(C)C(=O)N(C)C2=O)C=C1C. The van der Waals surface area contributed by atoms with Crippen molar-refractivity contribution < 1.29 is 14.4 Å². The molecule has 2 rings (SSSR count). The molecular weight excluding hydrogens is 294 g/mol. The molecule has 1 fully saturated rings. The fourth-order valence-electron chi connectivity index (χ4n) is 2.81. The molecule has 0 aromatic rings. The maximum absolute atomic E-state index is 12.4. The van der Waals surface area contributed by atoms with Crippen molar-refractivity contribution in [2.45, 2.75) is 33.6 Å². The first-order chi connectivity index (χ1) is 10.8. The first-order valence-corrected chi connectivity index (χ1v) is 7.78. The zero-order chi connectivity index (χ0) is 17.3. The van der Waals surface area contributed by atoms with Crippen LogP contribution in [-0.2, 0) is 9.59 Å². The van der Waals surface area contributed by atoms with Gasteiger partial charge in [0.2, 0.25) is 0 Å². The molecule has 6 heteroatoms. The highest BCUT2D eigenvalue weighted by atomic mass is 16.2. The molecule has 0 atom stereocenters. The summed E-state index contributed by atoms with van der Waals surface area (Å²) in [4.78, 5) is 40.7. The summed E-state index contributed by atoms with van der Waals surface area (Å²) in [5.41, 5.74) is 2.59. The van der Waals surface area contributed by atoms with Gasteiger partial charge in [0.05, 0.1) is 0 Å². The van der Waals surface area contributed by atoms with Crippen molar-refractivity contribution in [3.8, 4) is 0 Å². The van der Waals surface area contributed by atoms with Gasteiger partial charge in [0.25, 0.3) is 11.8 Å². The summed E-state index contributed by atoms with van der Waals surface area (Å²) in [5.74, 6) is -1.11. The lowest BCUT2D eigenvalue weighted by Crippen LogP contribution is -2.53. The summed E-state index contributed by atoms with van der Waals surface area (Å²) < 4.78 is 0. The van der Waals surface area contributed by atoms with E-state index in [-0.39, 0.29) is 5.57 Å². The predicted octanol–water partition coefficient (Wildman–Crippen LogP) is 2.26. The molecule has 0 aromatic heterocycles. The number of nitrogens with zero attached hydrogens (tertiary/aromatic N) is 3. The van der Waals surface area contributed by atoms with Crippen molar-refractivity contribution in [1.29, 1.82) is 0 Å². The normalized spacial score (nSPS) is 19.5. The molecule has 2 aliphatic heterocycles.